The second-order valence-corrected chi connectivity index (χ2v) is 3.53. The third kappa shape index (κ3) is 4.36. The Morgan fingerprint density at radius 1 is 1.47 bits per heavy atom. The highest BCUT2D eigenvalue weighted by molar-refractivity contribution is 5.92. The first kappa shape index (κ1) is 13.4. The highest BCUT2D eigenvalue weighted by Gasteiger charge is 2.09. The van der Waals surface area contributed by atoms with Gasteiger partial charge in [0.05, 0.1) is 6.10 Å². The Labute approximate surface area is 101 Å². The number of carbonyl (C=O) groups is 1. The van der Waals surface area contributed by atoms with Gasteiger partial charge in [0.2, 0.25) is 0 Å². The van der Waals surface area contributed by atoms with Crippen LogP contribution in [0.2, 0.25) is 0 Å². The largest absolute Gasteiger partial charge is 0.377 e. The Kier molecular flexibility index (Phi) is 5.35. The number of ether oxygens (including phenoxy) is 1. The van der Waals surface area contributed by atoms with Crippen LogP contribution < -0.4 is 10.6 Å². The quantitative estimate of drug-likeness (QED) is 0.762. The van der Waals surface area contributed by atoms with Crippen LogP contribution in [0.5, 0.6) is 0 Å². The Balaban J connectivity index is 2.46. The molecule has 1 amide bonds. The topological polar surface area (TPSA) is 76.1 Å². The fourth-order valence-electron chi connectivity index (χ4n) is 1.26. The molecule has 1 rings (SSSR count). The molecule has 0 fully saturated rings. The normalized spacial score (nSPS) is 11.9. The minimum Gasteiger partial charge on any atom is -0.377 e. The van der Waals surface area contributed by atoms with Crippen LogP contribution in [0.25, 0.3) is 0 Å². The molecule has 94 valence electrons. The molecule has 1 heterocycles. The maximum absolute atomic E-state index is 11.7. The van der Waals surface area contributed by atoms with E-state index in [9.17, 15) is 4.79 Å². The summed E-state index contributed by atoms with van der Waals surface area (Å²) in [5.74, 6) is 0.385. The molecule has 1 aromatic heterocycles. The van der Waals surface area contributed by atoms with E-state index in [1.807, 2.05) is 13.8 Å². The maximum Gasteiger partial charge on any atom is 0.271 e. The first-order chi connectivity index (χ1) is 8.17. The van der Waals surface area contributed by atoms with Crippen molar-refractivity contribution < 1.29 is 9.53 Å². The number of hydrogen-bond donors (Lipinski definition) is 2. The van der Waals surface area contributed by atoms with Gasteiger partial charge in [-0.2, -0.15) is 0 Å². The van der Waals surface area contributed by atoms with Crippen molar-refractivity contribution in [3.8, 4) is 0 Å². The van der Waals surface area contributed by atoms with Gasteiger partial charge in [0.25, 0.3) is 5.91 Å². The lowest BCUT2D eigenvalue weighted by Gasteiger charge is -2.12. The van der Waals surface area contributed by atoms with Gasteiger partial charge in [0.15, 0.2) is 5.69 Å². The molecule has 0 spiro atoms. The zero-order valence-corrected chi connectivity index (χ0v) is 10.4. The standard InChI is InChI=1S/C11H18N4O2/c1-4-17-8(2)7-13-11(16)9-5-6-10(12-3)15-14-9/h5-6,8H,4,7H2,1-3H3,(H,12,15)(H,13,16). The van der Waals surface area contributed by atoms with Crippen molar-refractivity contribution in [2.45, 2.75) is 20.0 Å². The van der Waals surface area contributed by atoms with Gasteiger partial charge < -0.3 is 15.4 Å². The molecule has 0 aromatic carbocycles. The Bertz CT molecular complexity index is 353. The van der Waals surface area contributed by atoms with Gasteiger partial charge in [-0.15, -0.1) is 10.2 Å². The van der Waals surface area contributed by atoms with Crippen molar-refractivity contribution in [1.82, 2.24) is 15.5 Å². The summed E-state index contributed by atoms with van der Waals surface area (Å²) in [6, 6.07) is 3.33. The predicted octanol–water partition coefficient (Wildman–Crippen LogP) is 0.673. The lowest BCUT2D eigenvalue weighted by atomic mass is 10.3. The Morgan fingerprint density at radius 2 is 2.24 bits per heavy atom. The Hall–Kier alpha value is -1.69. The molecule has 0 bridgehead atoms. The van der Waals surface area contributed by atoms with E-state index in [2.05, 4.69) is 20.8 Å². The molecule has 0 radical (unpaired) electrons. The van der Waals surface area contributed by atoms with Crippen molar-refractivity contribution in [2.75, 3.05) is 25.5 Å². The van der Waals surface area contributed by atoms with Gasteiger partial charge >= 0.3 is 0 Å². The van der Waals surface area contributed by atoms with Gasteiger partial charge in [-0.1, -0.05) is 0 Å². The molecule has 0 aliphatic heterocycles. The number of amides is 1. The van der Waals surface area contributed by atoms with E-state index in [1.165, 1.54) is 0 Å². The van der Waals surface area contributed by atoms with Gasteiger partial charge in [-0.3, -0.25) is 4.79 Å². The molecule has 6 nitrogen and oxygen atoms in total. The number of anilines is 1. The second-order valence-electron chi connectivity index (χ2n) is 3.53. The third-order valence-electron chi connectivity index (χ3n) is 2.15. The van der Waals surface area contributed by atoms with Gasteiger partial charge in [0, 0.05) is 20.2 Å². The van der Waals surface area contributed by atoms with E-state index >= 15 is 0 Å². The van der Waals surface area contributed by atoms with E-state index in [0.717, 1.165) is 0 Å². The lowest BCUT2D eigenvalue weighted by molar-refractivity contribution is 0.0693. The average Bonchev–Trinajstić information content (AvgIpc) is 2.36. The summed E-state index contributed by atoms with van der Waals surface area (Å²) in [4.78, 5) is 11.7. The maximum atomic E-state index is 11.7. The number of aromatic nitrogens is 2. The highest BCUT2D eigenvalue weighted by atomic mass is 16.5. The first-order valence-corrected chi connectivity index (χ1v) is 5.58. The van der Waals surface area contributed by atoms with Crippen LogP contribution in [0, 0.1) is 0 Å². The van der Waals surface area contributed by atoms with Crippen molar-refractivity contribution in [3.63, 3.8) is 0 Å². The summed E-state index contributed by atoms with van der Waals surface area (Å²) >= 11 is 0. The van der Waals surface area contributed by atoms with E-state index < -0.39 is 0 Å². The minimum absolute atomic E-state index is 0.00603. The van der Waals surface area contributed by atoms with Crippen molar-refractivity contribution in [1.29, 1.82) is 0 Å². The second kappa shape index (κ2) is 6.80. The zero-order chi connectivity index (χ0) is 12.7. The van der Waals surface area contributed by atoms with Crippen molar-refractivity contribution in [2.24, 2.45) is 0 Å². The summed E-state index contributed by atoms with van der Waals surface area (Å²) in [5.41, 5.74) is 0.299. The molecule has 6 heteroatoms. The molecule has 1 unspecified atom stereocenters. The Morgan fingerprint density at radius 3 is 2.76 bits per heavy atom. The number of nitrogens with one attached hydrogen (secondary N) is 2. The van der Waals surface area contributed by atoms with Crippen LogP contribution in [0.3, 0.4) is 0 Å². The molecule has 0 aliphatic rings. The number of rotatable bonds is 6. The first-order valence-electron chi connectivity index (χ1n) is 5.58. The van der Waals surface area contributed by atoms with E-state index in [-0.39, 0.29) is 12.0 Å². The van der Waals surface area contributed by atoms with Gasteiger partial charge in [-0.25, -0.2) is 0 Å². The molecular weight excluding hydrogens is 220 g/mol. The van der Waals surface area contributed by atoms with Gasteiger partial charge in [0.1, 0.15) is 5.82 Å². The van der Waals surface area contributed by atoms with Crippen LogP contribution in [-0.2, 0) is 4.74 Å². The summed E-state index contributed by atoms with van der Waals surface area (Å²) in [6.07, 6.45) is -0.00603. The SMILES string of the molecule is CCOC(C)CNC(=O)c1ccc(NC)nn1. The number of nitrogens with zero attached hydrogens (tertiary/aromatic N) is 2. The van der Waals surface area contributed by atoms with Crippen LogP contribution in [0.15, 0.2) is 12.1 Å². The lowest BCUT2D eigenvalue weighted by Crippen LogP contribution is -2.32. The van der Waals surface area contributed by atoms with E-state index in [0.29, 0.717) is 24.7 Å². The molecule has 0 saturated heterocycles. The summed E-state index contributed by atoms with van der Waals surface area (Å²) in [5, 5.41) is 13.2. The van der Waals surface area contributed by atoms with Crippen LogP contribution >= 0.6 is 0 Å². The fraction of sp³-hybridized carbons (Fsp3) is 0.545. The highest BCUT2D eigenvalue weighted by Crippen LogP contribution is 2.00. The smallest absolute Gasteiger partial charge is 0.271 e. The van der Waals surface area contributed by atoms with E-state index in [4.69, 9.17) is 4.74 Å². The molecule has 0 saturated carbocycles. The summed E-state index contributed by atoms with van der Waals surface area (Å²) in [7, 11) is 1.74. The monoisotopic (exact) mass is 238 g/mol. The molecule has 0 aliphatic carbocycles. The molecule has 1 aromatic rings. The molecular formula is C11H18N4O2. The third-order valence-corrected chi connectivity index (χ3v) is 2.15. The van der Waals surface area contributed by atoms with Crippen molar-refractivity contribution in [3.05, 3.63) is 17.8 Å². The van der Waals surface area contributed by atoms with Crippen molar-refractivity contribution >= 4 is 11.7 Å². The predicted molar refractivity (Wildman–Crippen MR) is 65.0 cm³/mol. The summed E-state index contributed by atoms with van der Waals surface area (Å²) in [6.45, 7) is 4.91. The molecule has 1 atom stereocenters. The molecule has 17 heavy (non-hydrogen) atoms. The number of hydrogen-bond acceptors (Lipinski definition) is 5. The number of carbonyl (C=O) groups excluding carboxylic acids is 1. The van der Waals surface area contributed by atoms with Crippen LogP contribution in [-0.4, -0.2) is 42.4 Å². The average molecular weight is 238 g/mol. The minimum atomic E-state index is -0.244. The van der Waals surface area contributed by atoms with E-state index in [1.54, 1.807) is 19.2 Å². The van der Waals surface area contributed by atoms with Crippen LogP contribution in [0.1, 0.15) is 24.3 Å². The molecule has 2 N–H and O–H groups in total. The zero-order valence-electron chi connectivity index (χ0n) is 10.4. The fourth-order valence-corrected chi connectivity index (χ4v) is 1.26. The summed E-state index contributed by atoms with van der Waals surface area (Å²) < 4.78 is 5.30. The van der Waals surface area contributed by atoms with Crippen LogP contribution in [0.4, 0.5) is 5.82 Å². The van der Waals surface area contributed by atoms with Gasteiger partial charge in [-0.05, 0) is 26.0 Å².